The van der Waals surface area contributed by atoms with Crippen molar-refractivity contribution in [3.63, 3.8) is 0 Å². The van der Waals surface area contributed by atoms with Crippen molar-refractivity contribution in [2.24, 2.45) is 14.2 Å². The molecule has 0 bridgehead atoms. The first-order valence-corrected chi connectivity index (χ1v) is 15.3. The molecule has 12 nitrogen and oxygen atoms in total. The van der Waals surface area contributed by atoms with Crippen LogP contribution in [0.25, 0.3) is 0 Å². The summed E-state index contributed by atoms with van der Waals surface area (Å²) < 4.78 is 15.6. The van der Waals surface area contributed by atoms with E-state index in [1.807, 2.05) is 69.9 Å². The number of hydrogen-bond donors (Lipinski definition) is 1. The number of amidine groups is 1. The van der Waals surface area contributed by atoms with Crippen LogP contribution in [0.5, 0.6) is 5.75 Å². The molecule has 0 saturated heterocycles. The number of carboxylic acid groups (broad SMARTS) is 1. The molecule has 0 saturated carbocycles. The third-order valence-corrected chi connectivity index (χ3v) is 8.47. The van der Waals surface area contributed by atoms with Gasteiger partial charge in [-0.25, -0.2) is 9.59 Å². The Labute approximate surface area is 259 Å². The molecule has 1 amide bonds. The maximum Gasteiger partial charge on any atom is 0.511 e. The zero-order valence-corrected chi connectivity index (χ0v) is 26.6. The van der Waals surface area contributed by atoms with E-state index >= 15 is 0 Å². The largest absolute Gasteiger partial charge is 0.511 e. The summed E-state index contributed by atoms with van der Waals surface area (Å²) in [5.74, 6) is 0.673. The van der Waals surface area contributed by atoms with Crippen LogP contribution in [0.2, 0.25) is 0 Å². The van der Waals surface area contributed by atoms with Crippen molar-refractivity contribution in [2.45, 2.75) is 63.4 Å². The number of nitroso groups, excluding NO2 is 2. The molecule has 1 N–H and O–H groups in total. The fourth-order valence-electron chi connectivity index (χ4n) is 4.56. The minimum Gasteiger partial charge on any atom is -0.449 e. The van der Waals surface area contributed by atoms with Crippen LogP contribution in [-0.2, 0) is 11.2 Å². The predicted molar refractivity (Wildman–Crippen MR) is 172 cm³/mol. The smallest absolute Gasteiger partial charge is 0.449 e. The maximum absolute atomic E-state index is 13.1. The van der Waals surface area contributed by atoms with E-state index in [0.717, 1.165) is 35.1 Å². The molecular weight excluding hydrogens is 594 g/mol. The van der Waals surface area contributed by atoms with Gasteiger partial charge >= 0.3 is 12.2 Å². The van der Waals surface area contributed by atoms with E-state index in [1.54, 1.807) is 12.1 Å². The second-order valence-electron chi connectivity index (χ2n) is 11.2. The van der Waals surface area contributed by atoms with Gasteiger partial charge in [-0.05, 0) is 77.6 Å². The average molecular weight is 632 g/mol. The summed E-state index contributed by atoms with van der Waals surface area (Å²) in [6, 6.07) is 12.9. The van der Waals surface area contributed by atoms with E-state index in [2.05, 4.69) is 14.2 Å². The number of amides is 1. The zero-order chi connectivity index (χ0) is 31.6. The third kappa shape index (κ3) is 9.68. The van der Waals surface area contributed by atoms with Crippen LogP contribution in [-0.4, -0.2) is 63.8 Å². The number of carbonyl (C=O) groups excluding carboxylic acids is 1. The molecular formula is C29H37N5O7S2. The van der Waals surface area contributed by atoms with Crippen LogP contribution in [0.3, 0.4) is 0 Å². The fraction of sp³-hybridized carbons (Fsp3) is 0.483. The summed E-state index contributed by atoms with van der Waals surface area (Å²) >= 11 is 1.83. The van der Waals surface area contributed by atoms with Gasteiger partial charge in [-0.2, -0.15) is 0 Å². The number of anilines is 2. The van der Waals surface area contributed by atoms with Crippen LogP contribution in [0.1, 0.15) is 51.7 Å². The highest BCUT2D eigenvalue weighted by Gasteiger charge is 2.30. The summed E-state index contributed by atoms with van der Waals surface area (Å²) in [5, 5.41) is 9.48. The summed E-state index contributed by atoms with van der Waals surface area (Å²) in [5.41, 5.74) is 3.10. The molecule has 1 aliphatic heterocycles. The molecule has 0 fully saturated rings. The molecule has 43 heavy (non-hydrogen) atoms. The van der Waals surface area contributed by atoms with Crippen LogP contribution < -0.4 is 9.64 Å². The number of carbonyl (C=O) groups is 2. The highest BCUT2D eigenvalue weighted by atomic mass is 32.2. The van der Waals surface area contributed by atoms with Crippen molar-refractivity contribution in [3.8, 4) is 5.75 Å². The van der Waals surface area contributed by atoms with Crippen molar-refractivity contribution in [1.82, 2.24) is 4.90 Å². The minimum atomic E-state index is -1.44. The number of aliphatic imine (C=N–C) groups is 1. The van der Waals surface area contributed by atoms with E-state index in [9.17, 15) is 24.5 Å². The molecule has 14 heteroatoms. The number of benzene rings is 2. The molecule has 0 aliphatic carbocycles. The number of rotatable bonds is 15. The summed E-state index contributed by atoms with van der Waals surface area (Å²) in [4.78, 5) is 54.5. The van der Waals surface area contributed by atoms with E-state index in [1.165, 1.54) is 4.90 Å². The number of hydrogen-bond acceptors (Lipinski definition) is 12. The minimum absolute atomic E-state index is 0.113. The first-order valence-electron chi connectivity index (χ1n) is 13.7. The lowest BCUT2D eigenvalue weighted by Crippen LogP contribution is -2.41. The van der Waals surface area contributed by atoms with Gasteiger partial charge in [0.15, 0.2) is 0 Å². The number of ether oxygens (including phenoxy) is 2. The van der Waals surface area contributed by atoms with Gasteiger partial charge in [0, 0.05) is 59.5 Å². The van der Waals surface area contributed by atoms with Crippen molar-refractivity contribution < 1.29 is 24.2 Å². The van der Waals surface area contributed by atoms with Gasteiger partial charge in [0.05, 0.1) is 26.2 Å². The molecule has 2 aromatic rings. The van der Waals surface area contributed by atoms with E-state index in [0.29, 0.717) is 49.4 Å². The number of aryl methyl sites for hydroxylation is 1. The molecule has 1 aliphatic rings. The molecule has 2 aromatic carbocycles. The Morgan fingerprint density at radius 1 is 1.00 bits per heavy atom. The van der Waals surface area contributed by atoms with Crippen molar-refractivity contribution in [2.75, 3.05) is 31.1 Å². The van der Waals surface area contributed by atoms with Gasteiger partial charge in [-0.15, -0.1) is 9.81 Å². The van der Waals surface area contributed by atoms with Crippen molar-refractivity contribution in [3.05, 3.63) is 63.4 Å². The second kappa shape index (κ2) is 15.2. The van der Waals surface area contributed by atoms with Gasteiger partial charge in [0.2, 0.25) is 0 Å². The lowest BCUT2D eigenvalue weighted by molar-refractivity contribution is 0.121. The summed E-state index contributed by atoms with van der Waals surface area (Å²) in [6.45, 7) is 10.5. The summed E-state index contributed by atoms with van der Waals surface area (Å²) in [6.07, 6.45) is -0.643. The topological polar surface area (TPSA) is 151 Å². The standard InChI is InChI=1S/C29H37N5O7S2/c1-20-9-6-7-10-22(20)34(19-25-30-16-17-33(25)26(35)40-18-15-29(4,5)43-32-39)23-11-8-12-24(41-27(36)37)21(23)13-14-28(2,3)42-31-38/h6-12H,13-19H2,1-5H3,(H,36,37). The third-order valence-electron chi connectivity index (χ3n) is 6.93. The molecule has 232 valence electrons. The molecule has 0 spiro atoms. The first-order chi connectivity index (χ1) is 20.4. The van der Waals surface area contributed by atoms with Crippen LogP contribution >= 0.6 is 23.9 Å². The van der Waals surface area contributed by atoms with Crippen LogP contribution in [0.4, 0.5) is 21.0 Å². The van der Waals surface area contributed by atoms with Gasteiger partial charge in [0.25, 0.3) is 0 Å². The Balaban J connectivity index is 1.97. The SMILES string of the molecule is Cc1ccccc1N(CC1=NCCN1C(=O)OCCC(C)(C)SN=O)c1cccc(OC(=O)O)c1CCC(C)(C)SN=O. The Bertz CT molecular complexity index is 1350. The van der Waals surface area contributed by atoms with E-state index in [-0.39, 0.29) is 18.9 Å². The van der Waals surface area contributed by atoms with Gasteiger partial charge < -0.3 is 19.5 Å². The second-order valence-corrected chi connectivity index (χ2v) is 14.0. The first kappa shape index (κ1) is 33.8. The maximum atomic E-state index is 13.1. The van der Waals surface area contributed by atoms with E-state index in [4.69, 9.17) is 9.47 Å². The lowest BCUT2D eigenvalue weighted by Gasteiger charge is -2.31. The number of nitrogens with zero attached hydrogens (tertiary/aromatic N) is 5. The Morgan fingerprint density at radius 3 is 2.30 bits per heavy atom. The average Bonchev–Trinajstić information content (AvgIpc) is 3.39. The monoisotopic (exact) mass is 631 g/mol. The molecule has 0 radical (unpaired) electrons. The Hall–Kier alpha value is -3.65. The van der Waals surface area contributed by atoms with Gasteiger partial charge in [-0.3, -0.25) is 9.89 Å². The Morgan fingerprint density at radius 2 is 1.65 bits per heavy atom. The summed E-state index contributed by atoms with van der Waals surface area (Å²) in [7, 11) is 0. The van der Waals surface area contributed by atoms with Crippen molar-refractivity contribution >= 4 is 53.4 Å². The van der Waals surface area contributed by atoms with Gasteiger partial charge in [0.1, 0.15) is 11.6 Å². The van der Waals surface area contributed by atoms with E-state index < -0.39 is 21.7 Å². The van der Waals surface area contributed by atoms with Crippen LogP contribution in [0.15, 0.2) is 56.6 Å². The molecule has 0 aromatic heterocycles. The highest BCUT2D eigenvalue weighted by Crippen LogP contribution is 2.39. The molecule has 0 atom stereocenters. The quantitative estimate of drug-likeness (QED) is 0.0894. The molecule has 0 unspecified atom stereocenters. The predicted octanol–water partition coefficient (Wildman–Crippen LogP) is 7.75. The number of para-hydroxylation sites is 1. The molecule has 3 rings (SSSR count). The highest BCUT2D eigenvalue weighted by molar-refractivity contribution is 7.99. The van der Waals surface area contributed by atoms with Crippen LogP contribution in [0, 0.1) is 16.7 Å². The lowest BCUT2D eigenvalue weighted by atomic mass is 9.98. The zero-order valence-electron chi connectivity index (χ0n) is 24.9. The normalized spacial score (nSPS) is 13.3. The Kier molecular flexibility index (Phi) is 12.0. The molecule has 1 heterocycles. The van der Waals surface area contributed by atoms with Crippen molar-refractivity contribution in [1.29, 1.82) is 0 Å². The van der Waals surface area contributed by atoms with Gasteiger partial charge in [-0.1, -0.05) is 24.3 Å². The fourth-order valence-corrected chi connectivity index (χ4v) is 5.33.